The highest BCUT2D eigenvalue weighted by Crippen LogP contribution is 2.23. The summed E-state index contributed by atoms with van der Waals surface area (Å²) in [7, 11) is 0. The second-order valence-corrected chi connectivity index (χ2v) is 3.81. The molecule has 2 rings (SSSR count). The van der Waals surface area contributed by atoms with E-state index in [1.54, 1.807) is 12.3 Å². The van der Waals surface area contributed by atoms with Crippen molar-refractivity contribution in [3.63, 3.8) is 0 Å². The van der Waals surface area contributed by atoms with Crippen LogP contribution in [-0.4, -0.2) is 11.2 Å². The molecule has 0 aliphatic rings. The van der Waals surface area contributed by atoms with E-state index in [2.05, 4.69) is 18.0 Å². The molecule has 3 heteroatoms. The number of rotatable bonds is 3. The quantitative estimate of drug-likeness (QED) is 0.789. The van der Waals surface area contributed by atoms with Gasteiger partial charge in [-0.25, -0.2) is 0 Å². The SMILES string of the molecule is CCc1cccc2c(/C(N)=C/C=N)ccnc12. The molecule has 86 valence electrons. The molecule has 17 heavy (non-hydrogen) atoms. The Kier molecular flexibility index (Phi) is 3.19. The van der Waals surface area contributed by atoms with Crippen LogP contribution in [-0.2, 0) is 6.42 Å². The van der Waals surface area contributed by atoms with E-state index in [1.165, 1.54) is 11.8 Å². The number of benzene rings is 1. The van der Waals surface area contributed by atoms with Crippen LogP contribution in [0.1, 0.15) is 18.1 Å². The van der Waals surface area contributed by atoms with Crippen molar-refractivity contribution in [3.05, 3.63) is 47.7 Å². The average molecular weight is 225 g/mol. The van der Waals surface area contributed by atoms with Crippen molar-refractivity contribution < 1.29 is 0 Å². The smallest absolute Gasteiger partial charge is 0.0740 e. The van der Waals surface area contributed by atoms with Gasteiger partial charge in [-0.2, -0.15) is 0 Å². The third-order valence-electron chi connectivity index (χ3n) is 2.81. The van der Waals surface area contributed by atoms with Crippen LogP contribution >= 0.6 is 0 Å². The summed E-state index contributed by atoms with van der Waals surface area (Å²) < 4.78 is 0. The first-order chi connectivity index (χ1) is 8.27. The summed E-state index contributed by atoms with van der Waals surface area (Å²) in [5.41, 5.74) is 9.69. The van der Waals surface area contributed by atoms with Gasteiger partial charge in [0.25, 0.3) is 0 Å². The topological polar surface area (TPSA) is 62.8 Å². The lowest BCUT2D eigenvalue weighted by Crippen LogP contribution is -1.99. The maximum absolute atomic E-state index is 7.07. The summed E-state index contributed by atoms with van der Waals surface area (Å²) in [4.78, 5) is 4.42. The highest BCUT2D eigenvalue weighted by molar-refractivity contribution is 5.95. The predicted molar refractivity (Wildman–Crippen MR) is 72.1 cm³/mol. The van der Waals surface area contributed by atoms with E-state index in [0.29, 0.717) is 5.70 Å². The minimum absolute atomic E-state index is 0.598. The van der Waals surface area contributed by atoms with E-state index in [0.717, 1.165) is 22.9 Å². The summed E-state index contributed by atoms with van der Waals surface area (Å²) in [5, 5.41) is 8.12. The zero-order valence-corrected chi connectivity index (χ0v) is 9.77. The number of para-hydroxylation sites is 1. The standard InChI is InChI=1S/C14H15N3/c1-2-10-4-3-5-12-11(13(16)6-8-15)7-9-17-14(10)12/h3-9,15H,2,16H2,1H3/b13-6-,15-8?. The second kappa shape index (κ2) is 4.78. The number of aryl methyl sites for hydroxylation is 1. The largest absolute Gasteiger partial charge is 0.398 e. The number of nitrogens with zero attached hydrogens (tertiary/aromatic N) is 1. The third-order valence-corrected chi connectivity index (χ3v) is 2.81. The Hall–Kier alpha value is -2.16. The van der Waals surface area contributed by atoms with E-state index in [9.17, 15) is 0 Å². The molecule has 0 spiro atoms. The first kappa shape index (κ1) is 11.3. The number of nitrogens with two attached hydrogens (primary N) is 1. The van der Waals surface area contributed by atoms with Crippen molar-refractivity contribution in [2.75, 3.05) is 0 Å². The van der Waals surface area contributed by atoms with Crippen molar-refractivity contribution in [3.8, 4) is 0 Å². The van der Waals surface area contributed by atoms with Crippen LogP contribution in [0.3, 0.4) is 0 Å². The maximum Gasteiger partial charge on any atom is 0.0740 e. The van der Waals surface area contributed by atoms with Crippen molar-refractivity contribution in [1.82, 2.24) is 4.98 Å². The van der Waals surface area contributed by atoms with Gasteiger partial charge in [0.15, 0.2) is 0 Å². The highest BCUT2D eigenvalue weighted by atomic mass is 14.7. The van der Waals surface area contributed by atoms with E-state index < -0.39 is 0 Å². The summed E-state index contributed by atoms with van der Waals surface area (Å²) in [5.74, 6) is 0. The molecule has 1 aromatic carbocycles. The van der Waals surface area contributed by atoms with Gasteiger partial charge in [-0.3, -0.25) is 4.98 Å². The minimum Gasteiger partial charge on any atom is -0.398 e. The Labute approximate surface area is 100 Å². The summed E-state index contributed by atoms with van der Waals surface area (Å²) in [6.45, 7) is 2.11. The number of fused-ring (bicyclic) bond motifs is 1. The molecular weight excluding hydrogens is 210 g/mol. The van der Waals surface area contributed by atoms with Gasteiger partial charge in [-0.15, -0.1) is 0 Å². The fourth-order valence-electron chi connectivity index (χ4n) is 1.95. The Balaban J connectivity index is 2.74. The van der Waals surface area contributed by atoms with Gasteiger partial charge < -0.3 is 11.1 Å². The van der Waals surface area contributed by atoms with Gasteiger partial charge in [0.05, 0.1) is 5.52 Å². The lowest BCUT2D eigenvalue weighted by Gasteiger charge is -2.08. The van der Waals surface area contributed by atoms with E-state index >= 15 is 0 Å². The summed E-state index contributed by atoms with van der Waals surface area (Å²) >= 11 is 0. The van der Waals surface area contributed by atoms with Crippen LogP contribution in [0.4, 0.5) is 0 Å². The molecule has 0 saturated heterocycles. The average Bonchev–Trinajstić information content (AvgIpc) is 2.37. The molecule has 0 unspecified atom stereocenters. The summed E-state index contributed by atoms with van der Waals surface area (Å²) in [6.07, 6.45) is 5.50. The zero-order chi connectivity index (χ0) is 12.3. The van der Waals surface area contributed by atoms with Gasteiger partial charge in [0, 0.05) is 29.1 Å². The van der Waals surface area contributed by atoms with Crippen LogP contribution in [0.25, 0.3) is 16.6 Å². The Morgan fingerprint density at radius 1 is 1.41 bits per heavy atom. The minimum atomic E-state index is 0.598. The predicted octanol–water partition coefficient (Wildman–Crippen LogP) is 2.75. The van der Waals surface area contributed by atoms with Gasteiger partial charge >= 0.3 is 0 Å². The molecule has 1 aromatic heterocycles. The van der Waals surface area contributed by atoms with Crippen molar-refractivity contribution in [2.45, 2.75) is 13.3 Å². The normalized spacial score (nSPS) is 11.7. The molecule has 0 bridgehead atoms. The van der Waals surface area contributed by atoms with E-state index in [4.69, 9.17) is 11.1 Å². The number of hydrogen-bond donors (Lipinski definition) is 2. The maximum atomic E-state index is 7.07. The van der Waals surface area contributed by atoms with E-state index in [-0.39, 0.29) is 0 Å². The number of allylic oxidation sites excluding steroid dienone is 1. The first-order valence-electron chi connectivity index (χ1n) is 5.61. The van der Waals surface area contributed by atoms with E-state index in [1.807, 2.05) is 18.2 Å². The van der Waals surface area contributed by atoms with Gasteiger partial charge in [0.1, 0.15) is 0 Å². The Bertz CT molecular complexity index is 585. The van der Waals surface area contributed by atoms with Crippen LogP contribution < -0.4 is 5.73 Å². The molecule has 2 aromatic rings. The monoisotopic (exact) mass is 225 g/mol. The van der Waals surface area contributed by atoms with Crippen molar-refractivity contribution in [2.24, 2.45) is 5.73 Å². The molecule has 0 aliphatic heterocycles. The third kappa shape index (κ3) is 2.04. The molecule has 0 saturated carbocycles. The Morgan fingerprint density at radius 2 is 2.24 bits per heavy atom. The number of pyridine rings is 1. The highest BCUT2D eigenvalue weighted by Gasteiger charge is 2.06. The zero-order valence-electron chi connectivity index (χ0n) is 9.77. The molecule has 3 nitrogen and oxygen atoms in total. The molecule has 0 amide bonds. The molecule has 0 atom stereocenters. The first-order valence-corrected chi connectivity index (χ1v) is 5.61. The molecule has 3 N–H and O–H groups in total. The molecular formula is C14H15N3. The van der Waals surface area contributed by atoms with Crippen molar-refractivity contribution >= 4 is 22.8 Å². The Morgan fingerprint density at radius 3 is 2.94 bits per heavy atom. The van der Waals surface area contributed by atoms with Crippen LogP contribution in [0, 0.1) is 5.41 Å². The number of hydrogen-bond acceptors (Lipinski definition) is 3. The van der Waals surface area contributed by atoms with Crippen LogP contribution in [0.2, 0.25) is 0 Å². The van der Waals surface area contributed by atoms with Crippen molar-refractivity contribution in [1.29, 1.82) is 5.41 Å². The van der Waals surface area contributed by atoms with Crippen LogP contribution in [0.15, 0.2) is 36.5 Å². The summed E-state index contributed by atoms with van der Waals surface area (Å²) in [6, 6.07) is 8.00. The molecule has 0 radical (unpaired) electrons. The molecule has 0 aliphatic carbocycles. The fourth-order valence-corrected chi connectivity index (χ4v) is 1.95. The van der Waals surface area contributed by atoms with Gasteiger partial charge in [-0.1, -0.05) is 25.1 Å². The van der Waals surface area contributed by atoms with Gasteiger partial charge in [0.2, 0.25) is 0 Å². The second-order valence-electron chi connectivity index (χ2n) is 3.81. The number of aromatic nitrogens is 1. The van der Waals surface area contributed by atoms with Gasteiger partial charge in [-0.05, 0) is 24.1 Å². The lowest BCUT2D eigenvalue weighted by molar-refractivity contribution is 1.14. The fraction of sp³-hybridized carbons (Fsp3) is 0.143. The van der Waals surface area contributed by atoms with Crippen LogP contribution in [0.5, 0.6) is 0 Å². The lowest BCUT2D eigenvalue weighted by atomic mass is 10.0. The number of nitrogens with one attached hydrogen (secondary N) is 1. The molecule has 0 fully saturated rings. The molecule has 1 heterocycles.